The molecular formula is C30H32N4O2. The first-order valence-electron chi connectivity index (χ1n) is 12.7. The third kappa shape index (κ3) is 4.95. The number of amides is 1. The maximum atomic E-state index is 13.9. The lowest BCUT2D eigenvalue weighted by Crippen LogP contribution is -2.42. The molecule has 5 rings (SSSR count). The number of nitrogens with two attached hydrogens (primary N) is 1. The van der Waals surface area contributed by atoms with Crippen molar-refractivity contribution in [2.24, 2.45) is 11.7 Å². The Morgan fingerprint density at radius 2 is 1.75 bits per heavy atom. The van der Waals surface area contributed by atoms with Crippen LogP contribution in [0.2, 0.25) is 0 Å². The fraction of sp³-hybridized carbons (Fsp3) is 0.300. The predicted octanol–water partition coefficient (Wildman–Crippen LogP) is 4.71. The van der Waals surface area contributed by atoms with E-state index in [0.717, 1.165) is 28.7 Å². The molecule has 0 saturated heterocycles. The molecule has 1 aliphatic carbocycles. The molecule has 0 aliphatic heterocycles. The zero-order valence-electron chi connectivity index (χ0n) is 20.6. The van der Waals surface area contributed by atoms with Crippen LogP contribution in [0.4, 0.5) is 0 Å². The molecular weight excluding hydrogens is 448 g/mol. The number of nitrogens with zero attached hydrogens (tertiary/aromatic N) is 3. The van der Waals surface area contributed by atoms with Crippen LogP contribution >= 0.6 is 0 Å². The predicted molar refractivity (Wildman–Crippen MR) is 141 cm³/mol. The summed E-state index contributed by atoms with van der Waals surface area (Å²) >= 11 is 0. The molecule has 0 spiro atoms. The van der Waals surface area contributed by atoms with Crippen LogP contribution in [0.3, 0.4) is 0 Å². The number of aromatic nitrogens is 2. The van der Waals surface area contributed by atoms with Gasteiger partial charge in [0.2, 0.25) is 11.2 Å². The summed E-state index contributed by atoms with van der Waals surface area (Å²) in [4.78, 5) is 20.9. The van der Waals surface area contributed by atoms with Crippen molar-refractivity contribution in [1.29, 1.82) is 0 Å². The number of para-hydroxylation sites is 2. The largest absolute Gasteiger partial charge is 0.618 e. The van der Waals surface area contributed by atoms with Crippen molar-refractivity contribution in [3.05, 3.63) is 112 Å². The van der Waals surface area contributed by atoms with E-state index in [1.807, 2.05) is 90.7 Å². The van der Waals surface area contributed by atoms with Gasteiger partial charge in [-0.2, -0.15) is 4.73 Å². The van der Waals surface area contributed by atoms with E-state index in [0.29, 0.717) is 53.9 Å². The van der Waals surface area contributed by atoms with Crippen molar-refractivity contribution in [2.75, 3.05) is 13.1 Å². The summed E-state index contributed by atoms with van der Waals surface area (Å²) in [6.45, 7) is 3.01. The Labute approximate surface area is 212 Å². The second kappa shape index (κ2) is 10.5. The number of rotatable bonds is 9. The number of carbonyl (C=O) groups is 1. The second-order valence-electron chi connectivity index (χ2n) is 9.68. The smallest absolute Gasteiger partial charge is 0.254 e. The highest BCUT2D eigenvalue weighted by Gasteiger charge is 2.43. The third-order valence-corrected chi connectivity index (χ3v) is 6.94. The van der Waals surface area contributed by atoms with Crippen molar-refractivity contribution < 1.29 is 9.52 Å². The van der Waals surface area contributed by atoms with E-state index in [-0.39, 0.29) is 17.9 Å². The molecule has 1 aliphatic rings. The lowest BCUT2D eigenvalue weighted by molar-refractivity contribution is -0.586. The maximum absolute atomic E-state index is 13.9. The summed E-state index contributed by atoms with van der Waals surface area (Å²) in [5.74, 6) is 0.221. The molecule has 184 valence electrons. The van der Waals surface area contributed by atoms with Gasteiger partial charge in [-0.3, -0.25) is 4.79 Å². The van der Waals surface area contributed by atoms with Crippen LogP contribution in [0, 0.1) is 18.0 Å². The summed E-state index contributed by atoms with van der Waals surface area (Å²) in [6, 6.07) is 24.8. The first-order chi connectivity index (χ1) is 17.6. The molecule has 1 atom stereocenters. The molecule has 1 aromatic heterocycles. The Bertz CT molecular complexity index is 1350. The van der Waals surface area contributed by atoms with Gasteiger partial charge in [-0.05, 0) is 62.4 Å². The van der Waals surface area contributed by atoms with Gasteiger partial charge in [0, 0.05) is 18.2 Å². The van der Waals surface area contributed by atoms with Crippen LogP contribution in [0.15, 0.2) is 78.9 Å². The van der Waals surface area contributed by atoms with Gasteiger partial charge in [0.05, 0.1) is 12.5 Å². The Balaban J connectivity index is 1.66. The molecule has 1 amide bonds. The summed E-state index contributed by atoms with van der Waals surface area (Å²) in [6.07, 6.45) is 3.14. The van der Waals surface area contributed by atoms with Crippen LogP contribution in [-0.4, -0.2) is 28.9 Å². The zero-order chi connectivity index (χ0) is 25.1. The fourth-order valence-electron chi connectivity index (χ4n) is 4.89. The minimum absolute atomic E-state index is 0.0431. The Hall–Kier alpha value is -3.77. The molecule has 1 heterocycles. The SMILES string of the molecule is Cc1ccc(C(=O)N(CCCN)C(c2nc3ccccc3[n+]([O-])c2Cc2ccccc2)C2CC2)cc1. The number of benzene rings is 3. The fourth-order valence-corrected chi connectivity index (χ4v) is 4.89. The van der Waals surface area contributed by atoms with Gasteiger partial charge < -0.3 is 15.8 Å². The Morgan fingerprint density at radius 1 is 1.06 bits per heavy atom. The van der Waals surface area contributed by atoms with Gasteiger partial charge in [0.15, 0.2) is 0 Å². The highest BCUT2D eigenvalue weighted by atomic mass is 16.5. The molecule has 2 N–H and O–H groups in total. The monoisotopic (exact) mass is 480 g/mol. The minimum Gasteiger partial charge on any atom is -0.618 e. The van der Waals surface area contributed by atoms with Gasteiger partial charge >= 0.3 is 0 Å². The van der Waals surface area contributed by atoms with Crippen LogP contribution in [-0.2, 0) is 6.42 Å². The molecule has 6 nitrogen and oxygen atoms in total. The van der Waals surface area contributed by atoms with E-state index in [1.165, 1.54) is 0 Å². The van der Waals surface area contributed by atoms with Crippen molar-refractivity contribution in [1.82, 2.24) is 9.88 Å². The summed E-state index contributed by atoms with van der Waals surface area (Å²) in [5, 5.41) is 13.8. The van der Waals surface area contributed by atoms with Crippen LogP contribution in [0.5, 0.6) is 0 Å². The number of carbonyl (C=O) groups excluding carboxylic acids is 1. The lowest BCUT2D eigenvalue weighted by Gasteiger charge is -2.32. The topological polar surface area (TPSA) is 86.2 Å². The summed E-state index contributed by atoms with van der Waals surface area (Å²) in [5.41, 5.74) is 11.2. The maximum Gasteiger partial charge on any atom is 0.254 e. The average Bonchev–Trinajstić information content (AvgIpc) is 3.74. The highest BCUT2D eigenvalue weighted by molar-refractivity contribution is 5.94. The molecule has 6 heteroatoms. The lowest BCUT2D eigenvalue weighted by atomic mass is 9.98. The molecule has 0 radical (unpaired) electrons. The standard InChI is InChI=1S/C30H32N4O2/c1-21-12-14-24(15-13-21)30(35)33(19-7-18-31)29(23-16-17-23)28-27(20-22-8-3-2-4-9-22)34(36)26-11-6-5-10-25(26)32-28/h2-6,8-15,23,29H,7,16-20,31H2,1H3. The molecule has 4 aromatic rings. The number of hydrogen-bond acceptors (Lipinski definition) is 4. The quantitative estimate of drug-likeness (QED) is 0.278. The zero-order valence-corrected chi connectivity index (χ0v) is 20.6. The van der Waals surface area contributed by atoms with E-state index >= 15 is 0 Å². The summed E-state index contributed by atoms with van der Waals surface area (Å²) < 4.78 is 1.03. The Kier molecular flexibility index (Phi) is 6.96. The first-order valence-corrected chi connectivity index (χ1v) is 12.7. The van der Waals surface area contributed by atoms with Crippen molar-refractivity contribution in [2.45, 2.75) is 38.6 Å². The van der Waals surface area contributed by atoms with E-state index < -0.39 is 0 Å². The van der Waals surface area contributed by atoms with Crippen LogP contribution in [0.25, 0.3) is 11.0 Å². The van der Waals surface area contributed by atoms with E-state index in [2.05, 4.69) is 0 Å². The van der Waals surface area contributed by atoms with Crippen LogP contribution < -0.4 is 10.5 Å². The second-order valence-corrected chi connectivity index (χ2v) is 9.68. The van der Waals surface area contributed by atoms with Gasteiger partial charge in [-0.15, -0.1) is 0 Å². The van der Waals surface area contributed by atoms with E-state index in [1.54, 1.807) is 0 Å². The molecule has 1 saturated carbocycles. The molecule has 36 heavy (non-hydrogen) atoms. The Morgan fingerprint density at radius 3 is 2.44 bits per heavy atom. The van der Waals surface area contributed by atoms with E-state index in [4.69, 9.17) is 10.7 Å². The number of fused-ring (bicyclic) bond motifs is 1. The number of hydrogen-bond donors (Lipinski definition) is 1. The van der Waals surface area contributed by atoms with Crippen LogP contribution in [0.1, 0.15) is 58.2 Å². The minimum atomic E-state index is -0.283. The van der Waals surface area contributed by atoms with Gasteiger partial charge in [0.1, 0.15) is 11.2 Å². The van der Waals surface area contributed by atoms with Gasteiger partial charge in [-0.25, -0.2) is 4.98 Å². The average molecular weight is 481 g/mol. The molecule has 1 fully saturated rings. The third-order valence-electron chi connectivity index (χ3n) is 6.94. The van der Waals surface area contributed by atoms with Crippen molar-refractivity contribution >= 4 is 16.9 Å². The van der Waals surface area contributed by atoms with Crippen molar-refractivity contribution in [3.63, 3.8) is 0 Å². The van der Waals surface area contributed by atoms with E-state index in [9.17, 15) is 10.0 Å². The van der Waals surface area contributed by atoms with Gasteiger partial charge in [0.25, 0.3) is 5.91 Å². The first kappa shape index (κ1) is 23.9. The molecule has 0 bridgehead atoms. The molecule has 3 aromatic carbocycles. The normalized spacial score (nSPS) is 14.1. The summed E-state index contributed by atoms with van der Waals surface area (Å²) in [7, 11) is 0. The van der Waals surface area contributed by atoms with Crippen molar-refractivity contribution in [3.8, 4) is 0 Å². The van der Waals surface area contributed by atoms with Gasteiger partial charge in [-0.1, -0.05) is 60.2 Å². The molecule has 1 unspecified atom stereocenters. The number of aryl methyl sites for hydroxylation is 1. The highest BCUT2D eigenvalue weighted by Crippen LogP contribution is 2.45.